The van der Waals surface area contributed by atoms with Crippen molar-refractivity contribution >= 4 is 24.1 Å². The molecule has 1 heterocycles. The van der Waals surface area contributed by atoms with Gasteiger partial charge in [-0.25, -0.2) is 5.43 Å². The maximum Gasteiger partial charge on any atom is 0.250 e. The molecule has 0 aliphatic heterocycles. The molecule has 3 rings (SSSR count). The van der Waals surface area contributed by atoms with Gasteiger partial charge in [-0.15, -0.1) is 0 Å². The lowest BCUT2D eigenvalue weighted by Gasteiger charge is -2.13. The average Bonchev–Trinajstić information content (AvgIpc) is 2.78. The Balaban J connectivity index is 1.73. The molecule has 0 aliphatic carbocycles. The van der Waals surface area contributed by atoms with Crippen molar-refractivity contribution in [2.24, 2.45) is 5.10 Å². The van der Waals surface area contributed by atoms with Gasteiger partial charge >= 0.3 is 0 Å². The van der Waals surface area contributed by atoms with E-state index in [0.29, 0.717) is 35.9 Å². The Bertz CT molecular complexity index is 994. The highest BCUT2D eigenvalue weighted by atomic mass is 16.5. The lowest BCUT2D eigenvalue weighted by atomic mass is 10.2. The van der Waals surface area contributed by atoms with E-state index in [1.54, 1.807) is 25.3 Å². The van der Waals surface area contributed by atoms with Crippen LogP contribution in [0.4, 0.5) is 17.8 Å². The number of rotatable bonds is 9. The normalized spacial score (nSPS) is 10.7. The van der Waals surface area contributed by atoms with E-state index in [9.17, 15) is 0 Å². The van der Waals surface area contributed by atoms with Gasteiger partial charge < -0.3 is 19.7 Å². The van der Waals surface area contributed by atoms with E-state index in [4.69, 9.17) is 9.47 Å². The van der Waals surface area contributed by atoms with Crippen molar-refractivity contribution in [3.05, 3.63) is 59.7 Å². The highest BCUT2D eigenvalue weighted by Crippen LogP contribution is 2.26. The molecular formula is C21H25N7O2. The predicted octanol–water partition coefficient (Wildman–Crippen LogP) is 3.01. The van der Waals surface area contributed by atoms with Crippen molar-refractivity contribution in [3.63, 3.8) is 0 Å². The van der Waals surface area contributed by atoms with E-state index >= 15 is 0 Å². The Morgan fingerprint density at radius 1 is 0.933 bits per heavy atom. The second kappa shape index (κ2) is 10.1. The van der Waals surface area contributed by atoms with Gasteiger partial charge in [0.15, 0.2) is 11.5 Å². The molecule has 0 bridgehead atoms. The molecule has 0 saturated heterocycles. The number of hydrogen-bond donors (Lipinski definition) is 2. The maximum atomic E-state index is 5.31. The summed E-state index contributed by atoms with van der Waals surface area (Å²) in [4.78, 5) is 15.0. The van der Waals surface area contributed by atoms with Gasteiger partial charge in [0, 0.05) is 20.6 Å². The quantitative estimate of drug-likeness (QED) is 0.413. The number of aromatic nitrogens is 3. The van der Waals surface area contributed by atoms with Crippen LogP contribution >= 0.6 is 0 Å². The van der Waals surface area contributed by atoms with Crippen molar-refractivity contribution < 1.29 is 9.47 Å². The molecule has 0 fully saturated rings. The van der Waals surface area contributed by atoms with Crippen LogP contribution in [0.2, 0.25) is 0 Å². The lowest BCUT2D eigenvalue weighted by molar-refractivity contribution is 0.355. The van der Waals surface area contributed by atoms with Gasteiger partial charge in [-0.3, -0.25) is 0 Å². The molecule has 3 aromatic rings. The molecule has 1 aromatic heterocycles. The average molecular weight is 407 g/mol. The molecule has 156 valence electrons. The fraction of sp³-hybridized carbons (Fsp3) is 0.238. The van der Waals surface area contributed by atoms with Crippen LogP contribution in [-0.2, 0) is 6.54 Å². The largest absolute Gasteiger partial charge is 0.493 e. The Labute approximate surface area is 175 Å². The molecule has 2 N–H and O–H groups in total. The summed E-state index contributed by atoms with van der Waals surface area (Å²) in [6.45, 7) is 0.603. The number of nitrogens with zero attached hydrogens (tertiary/aromatic N) is 5. The lowest BCUT2D eigenvalue weighted by Crippen LogP contribution is -2.16. The minimum absolute atomic E-state index is 0.334. The van der Waals surface area contributed by atoms with E-state index in [1.165, 1.54) is 0 Å². The summed E-state index contributed by atoms with van der Waals surface area (Å²) in [6, 6.07) is 15.6. The Morgan fingerprint density at radius 3 is 2.37 bits per heavy atom. The smallest absolute Gasteiger partial charge is 0.250 e. The standard InChI is InChI=1S/C21H25N7O2/c1-28(2)21-25-19(22-13-15-8-6-5-7-9-15)24-20(26-21)27-23-14-16-10-11-17(29-3)18(12-16)30-4/h5-12,14H,13H2,1-4H3,(H2,22,24,25,26,27). The fourth-order valence-corrected chi connectivity index (χ4v) is 2.57. The van der Waals surface area contributed by atoms with Gasteiger partial charge in [0.2, 0.25) is 17.8 Å². The van der Waals surface area contributed by atoms with Gasteiger partial charge in [0.05, 0.1) is 20.4 Å². The molecular weight excluding hydrogens is 382 g/mol. The van der Waals surface area contributed by atoms with Crippen molar-refractivity contribution in [2.45, 2.75) is 6.54 Å². The predicted molar refractivity (Wildman–Crippen MR) is 119 cm³/mol. The third-order valence-electron chi connectivity index (χ3n) is 4.10. The van der Waals surface area contributed by atoms with Crippen molar-refractivity contribution in [1.82, 2.24) is 15.0 Å². The zero-order chi connectivity index (χ0) is 21.3. The van der Waals surface area contributed by atoms with Crippen LogP contribution < -0.4 is 25.1 Å². The summed E-state index contributed by atoms with van der Waals surface area (Å²) in [5.74, 6) is 2.60. The first-order valence-corrected chi connectivity index (χ1v) is 9.31. The van der Waals surface area contributed by atoms with Crippen LogP contribution in [0, 0.1) is 0 Å². The molecule has 9 nitrogen and oxygen atoms in total. The number of hydrazone groups is 1. The fourth-order valence-electron chi connectivity index (χ4n) is 2.57. The number of nitrogens with one attached hydrogen (secondary N) is 2. The summed E-state index contributed by atoms with van der Waals surface area (Å²) in [7, 11) is 6.92. The van der Waals surface area contributed by atoms with Crippen molar-refractivity contribution in [2.75, 3.05) is 44.0 Å². The number of methoxy groups -OCH3 is 2. The Kier molecular flexibility index (Phi) is 6.99. The number of anilines is 3. The second-order valence-electron chi connectivity index (χ2n) is 6.50. The Morgan fingerprint density at radius 2 is 1.67 bits per heavy atom. The summed E-state index contributed by atoms with van der Waals surface area (Å²) in [6.07, 6.45) is 1.65. The first-order chi connectivity index (χ1) is 14.6. The van der Waals surface area contributed by atoms with Crippen molar-refractivity contribution in [1.29, 1.82) is 0 Å². The van der Waals surface area contributed by atoms with Crippen LogP contribution in [0.15, 0.2) is 53.6 Å². The molecule has 30 heavy (non-hydrogen) atoms. The van der Waals surface area contributed by atoms with Gasteiger partial charge in [0.1, 0.15) is 0 Å². The molecule has 0 spiro atoms. The van der Waals surface area contributed by atoms with E-state index in [-0.39, 0.29) is 0 Å². The highest BCUT2D eigenvalue weighted by Gasteiger charge is 2.08. The first-order valence-electron chi connectivity index (χ1n) is 9.31. The summed E-state index contributed by atoms with van der Waals surface area (Å²) < 4.78 is 10.6. The van der Waals surface area contributed by atoms with Gasteiger partial charge in [-0.2, -0.15) is 20.1 Å². The number of benzene rings is 2. The van der Waals surface area contributed by atoms with Crippen LogP contribution in [-0.4, -0.2) is 49.5 Å². The molecule has 0 radical (unpaired) electrons. The molecule has 0 atom stereocenters. The minimum atomic E-state index is 0.334. The first kappa shape index (κ1) is 20.8. The topological polar surface area (TPSA) is 96.8 Å². The highest BCUT2D eigenvalue weighted by molar-refractivity contribution is 5.81. The summed E-state index contributed by atoms with van der Waals surface area (Å²) in [5.41, 5.74) is 4.83. The minimum Gasteiger partial charge on any atom is -0.493 e. The second-order valence-corrected chi connectivity index (χ2v) is 6.50. The number of hydrogen-bond acceptors (Lipinski definition) is 9. The Hall–Kier alpha value is -3.88. The van der Waals surface area contributed by atoms with E-state index in [0.717, 1.165) is 11.1 Å². The van der Waals surface area contributed by atoms with Gasteiger partial charge in [-0.05, 0) is 29.3 Å². The maximum absolute atomic E-state index is 5.31. The SMILES string of the molecule is COc1ccc(C=NNc2nc(NCc3ccccc3)nc(N(C)C)n2)cc1OC. The van der Waals surface area contributed by atoms with Gasteiger partial charge in [-0.1, -0.05) is 30.3 Å². The van der Waals surface area contributed by atoms with E-state index in [2.05, 4.69) is 30.8 Å². The van der Waals surface area contributed by atoms with Crippen molar-refractivity contribution in [3.8, 4) is 11.5 Å². The summed E-state index contributed by atoms with van der Waals surface area (Å²) in [5, 5.41) is 7.45. The molecule has 2 aromatic carbocycles. The van der Waals surface area contributed by atoms with Crippen LogP contribution in [0.5, 0.6) is 11.5 Å². The monoisotopic (exact) mass is 407 g/mol. The third-order valence-corrected chi connectivity index (χ3v) is 4.10. The van der Waals surface area contributed by atoms with Crippen LogP contribution in [0.3, 0.4) is 0 Å². The third kappa shape index (κ3) is 5.57. The zero-order valence-electron chi connectivity index (χ0n) is 17.5. The van der Waals surface area contributed by atoms with Crippen LogP contribution in [0.25, 0.3) is 0 Å². The molecule has 0 unspecified atom stereocenters. The summed E-state index contributed by atoms with van der Waals surface area (Å²) >= 11 is 0. The van der Waals surface area contributed by atoms with E-state index < -0.39 is 0 Å². The number of ether oxygens (including phenoxy) is 2. The molecule has 0 amide bonds. The van der Waals surface area contributed by atoms with Crippen LogP contribution in [0.1, 0.15) is 11.1 Å². The molecule has 0 aliphatic rings. The molecule has 0 saturated carbocycles. The van der Waals surface area contributed by atoms with E-state index in [1.807, 2.05) is 62.6 Å². The van der Waals surface area contributed by atoms with Gasteiger partial charge in [0.25, 0.3) is 0 Å². The zero-order valence-corrected chi connectivity index (χ0v) is 17.5. The molecule has 9 heteroatoms.